The van der Waals surface area contributed by atoms with E-state index in [1.807, 2.05) is 93.6 Å². The Labute approximate surface area is 218 Å². The van der Waals surface area contributed by atoms with Gasteiger partial charge >= 0.3 is 0 Å². The van der Waals surface area contributed by atoms with E-state index in [0.29, 0.717) is 22.9 Å². The van der Waals surface area contributed by atoms with Crippen LogP contribution in [0.15, 0.2) is 78.9 Å². The van der Waals surface area contributed by atoms with Crippen molar-refractivity contribution < 1.29 is 9.59 Å². The number of halogens is 2. The second-order valence-electron chi connectivity index (χ2n) is 9.65. The van der Waals surface area contributed by atoms with E-state index in [9.17, 15) is 9.59 Å². The van der Waals surface area contributed by atoms with Gasteiger partial charge in [0, 0.05) is 35.0 Å². The van der Waals surface area contributed by atoms with Crippen molar-refractivity contribution in [2.24, 2.45) is 0 Å². The summed E-state index contributed by atoms with van der Waals surface area (Å²) in [5, 5.41) is 4.26. The zero-order chi connectivity index (χ0) is 25.4. The first-order chi connectivity index (χ1) is 16.6. The van der Waals surface area contributed by atoms with Gasteiger partial charge < -0.3 is 10.2 Å². The van der Waals surface area contributed by atoms with Gasteiger partial charge in [-0.1, -0.05) is 89.9 Å². The molecule has 184 valence electrons. The topological polar surface area (TPSA) is 49.4 Å². The average Bonchev–Trinajstić information content (AvgIpc) is 2.81. The van der Waals surface area contributed by atoms with Crippen molar-refractivity contribution in [3.8, 4) is 0 Å². The molecule has 0 heterocycles. The summed E-state index contributed by atoms with van der Waals surface area (Å²) in [7, 11) is 0. The first-order valence-corrected chi connectivity index (χ1v) is 12.5. The molecule has 0 aliphatic carbocycles. The number of rotatable bonds is 9. The van der Waals surface area contributed by atoms with Gasteiger partial charge in [-0.2, -0.15) is 0 Å². The predicted octanol–water partition coefficient (Wildman–Crippen LogP) is 6.48. The number of hydrogen-bond acceptors (Lipinski definition) is 2. The van der Waals surface area contributed by atoms with Crippen LogP contribution in [0, 0.1) is 0 Å². The highest BCUT2D eigenvalue weighted by Gasteiger charge is 2.32. The lowest BCUT2D eigenvalue weighted by Gasteiger charge is -2.34. The van der Waals surface area contributed by atoms with E-state index in [4.69, 9.17) is 23.2 Å². The number of hydrogen-bond donors (Lipinski definition) is 1. The highest BCUT2D eigenvalue weighted by molar-refractivity contribution is 6.31. The Kier molecular flexibility index (Phi) is 9.36. The van der Waals surface area contributed by atoms with Gasteiger partial charge in [0.25, 0.3) is 0 Å². The van der Waals surface area contributed by atoms with Crippen LogP contribution in [0.2, 0.25) is 10.0 Å². The number of carbonyl (C=O) groups excluding carboxylic acids is 2. The smallest absolute Gasteiger partial charge is 0.243 e. The summed E-state index contributed by atoms with van der Waals surface area (Å²) in [6.45, 7) is 6.03. The lowest BCUT2D eigenvalue weighted by molar-refractivity contribution is -0.141. The van der Waals surface area contributed by atoms with E-state index in [1.54, 1.807) is 11.0 Å². The highest BCUT2D eigenvalue weighted by atomic mass is 35.5. The third kappa shape index (κ3) is 8.12. The van der Waals surface area contributed by atoms with E-state index in [-0.39, 0.29) is 24.8 Å². The lowest BCUT2D eigenvalue weighted by atomic mass is 10.00. The van der Waals surface area contributed by atoms with Crippen molar-refractivity contribution >= 4 is 35.0 Å². The maximum atomic E-state index is 13.7. The molecule has 0 radical (unpaired) electrons. The molecule has 0 fully saturated rings. The van der Waals surface area contributed by atoms with Crippen LogP contribution in [0.25, 0.3) is 0 Å². The Morgan fingerprint density at radius 2 is 1.37 bits per heavy atom. The minimum atomic E-state index is -0.702. The second kappa shape index (κ2) is 12.2. The summed E-state index contributed by atoms with van der Waals surface area (Å²) in [5.74, 6) is -0.325. The molecule has 1 atom stereocenters. The molecule has 35 heavy (non-hydrogen) atoms. The zero-order valence-electron chi connectivity index (χ0n) is 20.4. The summed E-state index contributed by atoms with van der Waals surface area (Å²) in [4.78, 5) is 28.9. The van der Waals surface area contributed by atoms with Crippen LogP contribution >= 0.6 is 23.2 Å². The first-order valence-electron chi connectivity index (χ1n) is 11.8. The van der Waals surface area contributed by atoms with Gasteiger partial charge in [-0.15, -0.1) is 0 Å². The van der Waals surface area contributed by atoms with Crippen LogP contribution in [-0.2, 0) is 29.0 Å². The average molecular weight is 511 g/mol. The van der Waals surface area contributed by atoms with Crippen molar-refractivity contribution in [2.45, 2.75) is 58.2 Å². The molecule has 2 amide bonds. The zero-order valence-corrected chi connectivity index (χ0v) is 21.9. The third-order valence-electron chi connectivity index (χ3n) is 5.63. The highest BCUT2D eigenvalue weighted by Crippen LogP contribution is 2.23. The predicted molar refractivity (Wildman–Crippen MR) is 144 cm³/mol. The maximum Gasteiger partial charge on any atom is 0.243 e. The molecule has 0 saturated heterocycles. The molecule has 0 spiro atoms. The normalized spacial score (nSPS) is 12.1. The van der Waals surface area contributed by atoms with Crippen LogP contribution in [0.5, 0.6) is 0 Å². The largest absolute Gasteiger partial charge is 0.350 e. The van der Waals surface area contributed by atoms with Crippen molar-refractivity contribution in [3.63, 3.8) is 0 Å². The summed E-state index contributed by atoms with van der Waals surface area (Å²) >= 11 is 12.8. The fourth-order valence-electron chi connectivity index (χ4n) is 3.90. The number of amides is 2. The second-order valence-corrected chi connectivity index (χ2v) is 10.5. The van der Waals surface area contributed by atoms with Gasteiger partial charge in [0.1, 0.15) is 6.04 Å². The molecule has 0 bridgehead atoms. The van der Waals surface area contributed by atoms with Gasteiger partial charge in [-0.05, 0) is 56.0 Å². The number of nitrogens with one attached hydrogen (secondary N) is 1. The molecule has 0 aliphatic rings. The summed E-state index contributed by atoms with van der Waals surface area (Å²) in [6.07, 6.45) is 1.10. The molecule has 1 unspecified atom stereocenters. The van der Waals surface area contributed by atoms with E-state index in [2.05, 4.69) is 5.32 Å². The summed E-state index contributed by atoms with van der Waals surface area (Å²) in [6, 6.07) is 24.0. The Morgan fingerprint density at radius 1 is 0.829 bits per heavy atom. The monoisotopic (exact) mass is 510 g/mol. The molecule has 1 N–H and O–H groups in total. The van der Waals surface area contributed by atoms with Crippen LogP contribution < -0.4 is 5.32 Å². The Morgan fingerprint density at radius 3 is 1.94 bits per heavy atom. The molecule has 6 heteroatoms. The summed E-state index contributed by atoms with van der Waals surface area (Å²) < 4.78 is 0. The third-order valence-corrected chi connectivity index (χ3v) is 6.37. The minimum Gasteiger partial charge on any atom is -0.350 e. The van der Waals surface area contributed by atoms with E-state index >= 15 is 0 Å². The van der Waals surface area contributed by atoms with Crippen molar-refractivity contribution in [1.29, 1.82) is 0 Å². The lowest BCUT2D eigenvalue weighted by Crippen LogP contribution is -2.54. The van der Waals surface area contributed by atoms with Gasteiger partial charge in [-0.3, -0.25) is 9.59 Å². The molecular weight excluding hydrogens is 479 g/mol. The molecule has 3 aromatic carbocycles. The quantitative estimate of drug-likeness (QED) is 0.358. The number of nitrogens with zero attached hydrogens (tertiary/aromatic N) is 1. The Bertz CT molecular complexity index is 1140. The molecule has 3 rings (SSSR count). The molecule has 3 aromatic rings. The molecule has 0 saturated carbocycles. The van der Waals surface area contributed by atoms with E-state index in [0.717, 1.165) is 16.7 Å². The maximum absolute atomic E-state index is 13.7. The fourth-order valence-corrected chi connectivity index (χ4v) is 4.33. The first kappa shape index (κ1) is 26.8. The SMILES string of the molecule is CC(C)(C)NC(=O)C(Cc1ccccc1)N(Cc1ccccc1Cl)C(=O)CCc1ccccc1Cl. The standard InChI is InChI=1S/C29H32Cl2N2O2/c1-29(2,3)32-28(35)26(19-21-11-5-4-6-12-21)33(20-23-14-8-10-16-25(23)31)27(34)18-17-22-13-7-9-15-24(22)30/h4-16,26H,17-20H2,1-3H3,(H,32,35). The van der Waals surface area contributed by atoms with Gasteiger partial charge in [-0.25, -0.2) is 0 Å². The van der Waals surface area contributed by atoms with Gasteiger partial charge in [0.15, 0.2) is 0 Å². The number of benzene rings is 3. The molecule has 0 aromatic heterocycles. The van der Waals surface area contributed by atoms with Crippen LogP contribution in [0.4, 0.5) is 0 Å². The summed E-state index contributed by atoms with van der Waals surface area (Å²) in [5.41, 5.74) is 2.23. The van der Waals surface area contributed by atoms with Gasteiger partial charge in [0.2, 0.25) is 11.8 Å². The van der Waals surface area contributed by atoms with Crippen LogP contribution in [0.3, 0.4) is 0 Å². The van der Waals surface area contributed by atoms with E-state index in [1.165, 1.54) is 0 Å². The number of aryl methyl sites for hydroxylation is 1. The molecule has 0 aliphatic heterocycles. The Hall–Kier alpha value is -2.82. The van der Waals surface area contributed by atoms with Crippen LogP contribution in [0.1, 0.15) is 43.9 Å². The van der Waals surface area contributed by atoms with Crippen molar-refractivity contribution in [1.82, 2.24) is 10.2 Å². The fraction of sp³-hybridized carbons (Fsp3) is 0.310. The van der Waals surface area contributed by atoms with Gasteiger partial charge in [0.05, 0.1) is 0 Å². The van der Waals surface area contributed by atoms with Crippen molar-refractivity contribution in [2.75, 3.05) is 0 Å². The minimum absolute atomic E-state index is 0.130. The molecular formula is C29H32Cl2N2O2. The van der Waals surface area contributed by atoms with E-state index < -0.39 is 11.6 Å². The molecule has 4 nitrogen and oxygen atoms in total. The van der Waals surface area contributed by atoms with Crippen LogP contribution in [-0.4, -0.2) is 28.3 Å². The Balaban J connectivity index is 1.95. The number of carbonyl (C=O) groups is 2. The van der Waals surface area contributed by atoms with Crippen molar-refractivity contribution in [3.05, 3.63) is 106 Å².